The van der Waals surface area contributed by atoms with Gasteiger partial charge in [0.1, 0.15) is 28.2 Å². The second-order valence-electron chi connectivity index (χ2n) is 8.41. The molecule has 0 saturated heterocycles. The van der Waals surface area contributed by atoms with Crippen LogP contribution in [-0.2, 0) is 6.61 Å². The summed E-state index contributed by atoms with van der Waals surface area (Å²) >= 11 is 7.85. The molecule has 6 rings (SSSR count). The highest BCUT2D eigenvalue weighted by atomic mass is 35.5. The maximum atomic E-state index is 6.24. The van der Waals surface area contributed by atoms with Crippen molar-refractivity contribution < 1.29 is 4.74 Å². The topological polar surface area (TPSA) is 65.2 Å². The second kappa shape index (κ2) is 8.04. The highest BCUT2D eigenvalue weighted by Gasteiger charge is 2.17. The van der Waals surface area contributed by atoms with Crippen LogP contribution in [-0.4, -0.2) is 24.6 Å². The molecule has 6 nitrogen and oxygen atoms in total. The van der Waals surface area contributed by atoms with Crippen LogP contribution < -0.4 is 4.74 Å². The standard InChI is InChI=1S/C26H20ClN5OS/c1-14-4-9-19(27)20(10-14)33-12-17-5-7-18(8-6-17)24-30-25-23-22(28-13-32(25)31-24)21-15(2)11-16(3)29-26(21)34-23/h4-11,13H,12H2,1-3H3. The molecular formula is C26H20ClN5OS. The van der Waals surface area contributed by atoms with Crippen LogP contribution in [0, 0.1) is 20.8 Å². The van der Waals surface area contributed by atoms with Crippen molar-refractivity contribution in [3.05, 3.63) is 82.3 Å². The summed E-state index contributed by atoms with van der Waals surface area (Å²) in [5.74, 6) is 1.34. The molecular weight excluding hydrogens is 466 g/mol. The second-order valence-corrected chi connectivity index (χ2v) is 9.81. The predicted octanol–water partition coefficient (Wildman–Crippen LogP) is 6.71. The van der Waals surface area contributed by atoms with Gasteiger partial charge in [-0.3, -0.25) is 0 Å². The van der Waals surface area contributed by atoms with E-state index in [1.54, 1.807) is 22.2 Å². The SMILES string of the molecule is Cc1ccc(Cl)c(OCc2ccc(-c3nc4c5sc6nc(C)cc(C)c6c5ncn4n3)cc2)c1. The Balaban J connectivity index is 1.32. The third-order valence-corrected chi connectivity index (χ3v) is 7.17. The Bertz CT molecular complexity index is 1700. The third kappa shape index (κ3) is 3.57. The molecule has 0 aliphatic heterocycles. The largest absolute Gasteiger partial charge is 0.487 e. The Morgan fingerprint density at radius 2 is 1.82 bits per heavy atom. The van der Waals surface area contributed by atoms with Gasteiger partial charge in [0.2, 0.25) is 0 Å². The van der Waals surface area contributed by atoms with Gasteiger partial charge in [-0.15, -0.1) is 16.4 Å². The van der Waals surface area contributed by atoms with E-state index in [0.717, 1.165) is 48.5 Å². The summed E-state index contributed by atoms with van der Waals surface area (Å²) < 4.78 is 8.65. The number of pyridine rings is 1. The molecule has 0 bridgehead atoms. The molecule has 0 aliphatic rings. The van der Waals surface area contributed by atoms with Gasteiger partial charge in [0.05, 0.1) is 10.5 Å². The maximum Gasteiger partial charge on any atom is 0.182 e. The monoisotopic (exact) mass is 485 g/mol. The first kappa shape index (κ1) is 21.0. The lowest BCUT2D eigenvalue weighted by atomic mass is 10.1. The Labute approximate surface area is 204 Å². The highest BCUT2D eigenvalue weighted by molar-refractivity contribution is 7.26. The Hall–Kier alpha value is -3.55. The Morgan fingerprint density at radius 3 is 2.65 bits per heavy atom. The quantitative estimate of drug-likeness (QED) is 0.277. The van der Waals surface area contributed by atoms with Crippen LogP contribution in [0.15, 0.2) is 54.9 Å². The van der Waals surface area contributed by atoms with Gasteiger partial charge in [-0.2, -0.15) is 0 Å². The average Bonchev–Trinajstić information content (AvgIpc) is 3.41. The van der Waals surface area contributed by atoms with Gasteiger partial charge in [0, 0.05) is 16.6 Å². The number of aromatic nitrogens is 5. The van der Waals surface area contributed by atoms with Gasteiger partial charge in [0.25, 0.3) is 0 Å². The number of aryl methyl sites for hydroxylation is 3. The van der Waals surface area contributed by atoms with E-state index in [0.29, 0.717) is 23.2 Å². The summed E-state index contributed by atoms with van der Waals surface area (Å²) in [6.07, 6.45) is 1.73. The van der Waals surface area contributed by atoms with E-state index in [4.69, 9.17) is 26.3 Å². The first-order valence-corrected chi connectivity index (χ1v) is 12.1. The van der Waals surface area contributed by atoms with E-state index >= 15 is 0 Å². The van der Waals surface area contributed by atoms with E-state index in [9.17, 15) is 0 Å². The number of benzene rings is 2. The molecule has 34 heavy (non-hydrogen) atoms. The number of thiophene rings is 1. The molecule has 0 N–H and O–H groups in total. The zero-order chi connectivity index (χ0) is 23.4. The van der Waals surface area contributed by atoms with Crippen LogP contribution in [0.5, 0.6) is 5.75 Å². The molecule has 0 aliphatic carbocycles. The van der Waals surface area contributed by atoms with Crippen molar-refractivity contribution >= 4 is 49.0 Å². The minimum Gasteiger partial charge on any atom is -0.487 e. The van der Waals surface area contributed by atoms with Crippen molar-refractivity contribution in [1.82, 2.24) is 24.6 Å². The molecule has 4 aromatic heterocycles. The molecule has 8 heteroatoms. The summed E-state index contributed by atoms with van der Waals surface area (Å²) in [7, 11) is 0. The van der Waals surface area contributed by atoms with Crippen LogP contribution in [0.1, 0.15) is 22.4 Å². The summed E-state index contributed by atoms with van der Waals surface area (Å²) in [6, 6.07) is 15.9. The fourth-order valence-electron chi connectivity index (χ4n) is 4.12. The average molecular weight is 486 g/mol. The van der Waals surface area contributed by atoms with E-state index in [1.807, 2.05) is 56.3 Å². The summed E-state index contributed by atoms with van der Waals surface area (Å²) in [4.78, 5) is 15.2. The van der Waals surface area contributed by atoms with Gasteiger partial charge in [-0.1, -0.05) is 41.9 Å². The van der Waals surface area contributed by atoms with Crippen molar-refractivity contribution in [2.45, 2.75) is 27.4 Å². The van der Waals surface area contributed by atoms with Gasteiger partial charge in [-0.05, 0) is 55.7 Å². The number of rotatable bonds is 4. The molecule has 168 valence electrons. The van der Waals surface area contributed by atoms with Crippen LogP contribution in [0.2, 0.25) is 5.02 Å². The maximum absolute atomic E-state index is 6.24. The van der Waals surface area contributed by atoms with Crippen LogP contribution >= 0.6 is 22.9 Å². The number of fused-ring (bicyclic) bond motifs is 5. The number of nitrogens with zero attached hydrogens (tertiary/aromatic N) is 5. The third-order valence-electron chi connectivity index (χ3n) is 5.79. The highest BCUT2D eigenvalue weighted by Crippen LogP contribution is 2.36. The normalized spacial score (nSPS) is 11.6. The van der Waals surface area contributed by atoms with Crippen LogP contribution in [0.4, 0.5) is 0 Å². The lowest BCUT2D eigenvalue weighted by Crippen LogP contribution is -1.96. The minimum atomic E-state index is 0.431. The fourth-order valence-corrected chi connectivity index (χ4v) is 5.52. The molecule has 0 saturated carbocycles. The van der Waals surface area contributed by atoms with Crippen molar-refractivity contribution in [1.29, 1.82) is 0 Å². The van der Waals surface area contributed by atoms with Crippen molar-refractivity contribution in [2.75, 3.05) is 0 Å². The van der Waals surface area contributed by atoms with Crippen molar-refractivity contribution in [2.24, 2.45) is 0 Å². The van der Waals surface area contributed by atoms with Gasteiger partial charge < -0.3 is 4.74 Å². The summed E-state index contributed by atoms with van der Waals surface area (Å²) in [5, 5.41) is 6.37. The van der Waals surface area contributed by atoms with E-state index in [2.05, 4.69) is 23.1 Å². The molecule has 0 fully saturated rings. The first-order valence-electron chi connectivity index (χ1n) is 10.9. The summed E-state index contributed by atoms with van der Waals surface area (Å²) in [6.45, 7) is 6.56. The molecule has 0 amide bonds. The van der Waals surface area contributed by atoms with Gasteiger partial charge >= 0.3 is 0 Å². The van der Waals surface area contributed by atoms with Gasteiger partial charge in [-0.25, -0.2) is 19.5 Å². The Kier molecular flexibility index (Phi) is 4.97. The zero-order valence-electron chi connectivity index (χ0n) is 18.8. The Morgan fingerprint density at radius 1 is 1.00 bits per heavy atom. The lowest BCUT2D eigenvalue weighted by Gasteiger charge is -2.09. The molecule has 0 spiro atoms. The van der Waals surface area contributed by atoms with Crippen molar-refractivity contribution in [3.8, 4) is 17.1 Å². The molecule has 2 aromatic carbocycles. The molecule has 6 aromatic rings. The zero-order valence-corrected chi connectivity index (χ0v) is 20.4. The molecule has 0 unspecified atom stereocenters. The summed E-state index contributed by atoms with van der Waals surface area (Å²) in [5.41, 5.74) is 6.98. The molecule has 4 heterocycles. The number of ether oxygens (including phenoxy) is 1. The first-order chi connectivity index (χ1) is 16.5. The molecule has 0 radical (unpaired) electrons. The minimum absolute atomic E-state index is 0.431. The van der Waals surface area contributed by atoms with E-state index in [1.165, 1.54) is 5.56 Å². The van der Waals surface area contributed by atoms with E-state index < -0.39 is 0 Å². The number of hydrogen-bond donors (Lipinski definition) is 0. The number of halogens is 1. The van der Waals surface area contributed by atoms with E-state index in [-0.39, 0.29) is 0 Å². The van der Waals surface area contributed by atoms with Crippen molar-refractivity contribution in [3.63, 3.8) is 0 Å². The fraction of sp³-hybridized carbons (Fsp3) is 0.154. The lowest BCUT2D eigenvalue weighted by molar-refractivity contribution is 0.306. The molecule has 0 atom stereocenters. The number of hydrogen-bond acceptors (Lipinski definition) is 6. The van der Waals surface area contributed by atoms with Crippen LogP contribution in [0.25, 0.3) is 37.5 Å². The predicted molar refractivity (Wildman–Crippen MR) is 137 cm³/mol. The van der Waals surface area contributed by atoms with Gasteiger partial charge in [0.15, 0.2) is 11.5 Å². The smallest absolute Gasteiger partial charge is 0.182 e. The van der Waals surface area contributed by atoms with Crippen LogP contribution in [0.3, 0.4) is 0 Å².